The van der Waals surface area contributed by atoms with E-state index in [9.17, 15) is 0 Å². The van der Waals surface area contributed by atoms with E-state index in [-0.39, 0.29) is 0 Å². The molecule has 2 aliphatic heterocycles. The van der Waals surface area contributed by atoms with Gasteiger partial charge >= 0.3 is 0 Å². The highest BCUT2D eigenvalue weighted by molar-refractivity contribution is 5.67. The molecule has 110 valence electrons. The summed E-state index contributed by atoms with van der Waals surface area (Å²) >= 11 is 0. The summed E-state index contributed by atoms with van der Waals surface area (Å²) in [4.78, 5) is 4.96. The summed E-state index contributed by atoms with van der Waals surface area (Å²) in [6.07, 6.45) is 0. The zero-order valence-corrected chi connectivity index (χ0v) is 12.7. The SMILES string of the molecule is CN1C[C@@H]2CN(c3ccc(-c4ccc(C#N)cc4)cc3)[C@@H]2C1. The summed E-state index contributed by atoms with van der Waals surface area (Å²) in [5.41, 5.74) is 4.40. The van der Waals surface area contributed by atoms with E-state index in [1.54, 1.807) is 0 Å². The van der Waals surface area contributed by atoms with Crippen molar-refractivity contribution in [1.82, 2.24) is 4.90 Å². The third kappa shape index (κ3) is 2.17. The summed E-state index contributed by atoms with van der Waals surface area (Å²) in [7, 11) is 2.21. The van der Waals surface area contributed by atoms with Crippen LogP contribution in [-0.2, 0) is 0 Å². The lowest BCUT2D eigenvalue weighted by molar-refractivity contribution is 0.361. The molecule has 3 nitrogen and oxygen atoms in total. The Labute approximate surface area is 131 Å². The van der Waals surface area contributed by atoms with Crippen LogP contribution in [-0.4, -0.2) is 37.6 Å². The van der Waals surface area contributed by atoms with Crippen LogP contribution in [0.2, 0.25) is 0 Å². The van der Waals surface area contributed by atoms with Crippen molar-refractivity contribution in [3.8, 4) is 17.2 Å². The maximum absolute atomic E-state index is 8.86. The standard InChI is InChI=1S/C19H19N3/c1-21-11-17-12-22(19(17)13-21)18-8-6-16(7-9-18)15-4-2-14(10-20)3-5-15/h2-9,17,19H,11-13H2,1H3/t17-,19-/m1/s1. The molecule has 0 amide bonds. The van der Waals surface area contributed by atoms with Crippen LogP contribution in [0.5, 0.6) is 0 Å². The van der Waals surface area contributed by atoms with Crippen LogP contribution in [0.25, 0.3) is 11.1 Å². The largest absolute Gasteiger partial charge is 0.366 e. The van der Waals surface area contributed by atoms with Crippen molar-refractivity contribution in [3.05, 3.63) is 54.1 Å². The zero-order chi connectivity index (χ0) is 15.1. The Morgan fingerprint density at radius 3 is 2.14 bits per heavy atom. The molecule has 4 rings (SSSR count). The van der Waals surface area contributed by atoms with Gasteiger partial charge in [0.05, 0.1) is 11.6 Å². The van der Waals surface area contributed by atoms with Crippen LogP contribution in [0.4, 0.5) is 5.69 Å². The molecule has 0 unspecified atom stereocenters. The predicted molar refractivity (Wildman–Crippen MR) is 88.7 cm³/mol. The minimum Gasteiger partial charge on any atom is -0.366 e. The Bertz CT molecular complexity index is 712. The van der Waals surface area contributed by atoms with Crippen molar-refractivity contribution in [2.24, 2.45) is 5.92 Å². The number of anilines is 1. The Morgan fingerprint density at radius 1 is 0.909 bits per heavy atom. The Morgan fingerprint density at radius 2 is 1.55 bits per heavy atom. The van der Waals surface area contributed by atoms with E-state index in [0.717, 1.165) is 11.5 Å². The molecule has 2 atom stereocenters. The number of nitrogens with zero attached hydrogens (tertiary/aromatic N) is 3. The number of likely N-dealkylation sites (N-methyl/N-ethyl adjacent to an activating group) is 1. The zero-order valence-electron chi connectivity index (χ0n) is 12.7. The van der Waals surface area contributed by atoms with Gasteiger partial charge in [-0.15, -0.1) is 0 Å². The molecule has 0 radical (unpaired) electrons. The Hall–Kier alpha value is -2.31. The highest BCUT2D eigenvalue weighted by Crippen LogP contribution is 2.36. The predicted octanol–water partition coefficient (Wildman–Crippen LogP) is 2.98. The van der Waals surface area contributed by atoms with Gasteiger partial charge in [0.25, 0.3) is 0 Å². The lowest BCUT2D eigenvalue weighted by Gasteiger charge is -2.45. The van der Waals surface area contributed by atoms with Crippen molar-refractivity contribution in [3.63, 3.8) is 0 Å². The molecule has 2 saturated heterocycles. The molecular weight excluding hydrogens is 270 g/mol. The average molecular weight is 289 g/mol. The van der Waals surface area contributed by atoms with Crippen molar-refractivity contribution in [2.45, 2.75) is 6.04 Å². The fourth-order valence-electron chi connectivity index (χ4n) is 3.73. The number of likely N-dealkylation sites (tertiary alicyclic amines) is 1. The Kier molecular flexibility index (Phi) is 3.13. The van der Waals surface area contributed by atoms with E-state index >= 15 is 0 Å². The first-order valence-corrected chi connectivity index (χ1v) is 7.80. The fraction of sp³-hybridized carbons (Fsp3) is 0.316. The third-order valence-corrected chi connectivity index (χ3v) is 4.97. The summed E-state index contributed by atoms with van der Waals surface area (Å²) in [6.45, 7) is 3.61. The maximum atomic E-state index is 8.86. The number of benzene rings is 2. The molecule has 22 heavy (non-hydrogen) atoms. The Balaban J connectivity index is 1.52. The number of hydrogen-bond acceptors (Lipinski definition) is 3. The number of nitriles is 1. The first-order valence-electron chi connectivity index (χ1n) is 7.80. The van der Waals surface area contributed by atoms with Crippen LogP contribution >= 0.6 is 0 Å². The number of hydrogen-bond donors (Lipinski definition) is 0. The lowest BCUT2D eigenvalue weighted by atomic mass is 9.91. The summed E-state index contributed by atoms with van der Waals surface area (Å²) in [5.74, 6) is 0.850. The van der Waals surface area contributed by atoms with Gasteiger partial charge in [0.15, 0.2) is 0 Å². The number of rotatable bonds is 2. The van der Waals surface area contributed by atoms with Gasteiger partial charge in [0.1, 0.15) is 0 Å². The van der Waals surface area contributed by atoms with Gasteiger partial charge in [-0.1, -0.05) is 24.3 Å². The van der Waals surface area contributed by atoms with Crippen molar-refractivity contribution in [1.29, 1.82) is 5.26 Å². The molecule has 2 aromatic carbocycles. The second-order valence-electron chi connectivity index (χ2n) is 6.44. The van der Waals surface area contributed by atoms with Crippen LogP contribution in [0.15, 0.2) is 48.5 Å². The van der Waals surface area contributed by atoms with Gasteiger partial charge < -0.3 is 9.80 Å². The molecule has 3 heteroatoms. The molecule has 0 spiro atoms. The number of fused-ring (bicyclic) bond motifs is 1. The minimum atomic E-state index is 0.700. The monoisotopic (exact) mass is 289 g/mol. The molecule has 0 aromatic heterocycles. The highest BCUT2D eigenvalue weighted by atomic mass is 15.3. The fourth-order valence-corrected chi connectivity index (χ4v) is 3.73. The molecule has 2 aliphatic rings. The molecule has 0 bridgehead atoms. The molecule has 2 heterocycles. The summed E-state index contributed by atoms with van der Waals surface area (Å²) in [6, 6.07) is 19.4. The van der Waals surface area contributed by atoms with Gasteiger partial charge in [-0.2, -0.15) is 5.26 Å². The van der Waals surface area contributed by atoms with E-state index in [1.165, 1.54) is 30.9 Å². The first kappa shape index (κ1) is 13.4. The van der Waals surface area contributed by atoms with Crippen LogP contribution in [0, 0.1) is 17.2 Å². The molecule has 0 saturated carbocycles. The molecule has 2 fully saturated rings. The van der Waals surface area contributed by atoms with Crippen molar-refractivity contribution >= 4 is 5.69 Å². The van der Waals surface area contributed by atoms with E-state index in [4.69, 9.17) is 5.26 Å². The van der Waals surface area contributed by atoms with E-state index in [2.05, 4.69) is 47.2 Å². The molecule has 0 aliphatic carbocycles. The average Bonchev–Trinajstić information content (AvgIpc) is 2.84. The molecule has 2 aromatic rings. The van der Waals surface area contributed by atoms with Gasteiger partial charge in [0, 0.05) is 37.3 Å². The second kappa shape index (κ2) is 5.15. The molecule has 0 N–H and O–H groups in total. The summed E-state index contributed by atoms with van der Waals surface area (Å²) < 4.78 is 0. The second-order valence-corrected chi connectivity index (χ2v) is 6.44. The third-order valence-electron chi connectivity index (χ3n) is 4.97. The lowest BCUT2D eigenvalue weighted by Crippen LogP contribution is -2.55. The quantitative estimate of drug-likeness (QED) is 0.851. The van der Waals surface area contributed by atoms with Gasteiger partial charge in [-0.25, -0.2) is 0 Å². The van der Waals surface area contributed by atoms with Crippen LogP contribution in [0.1, 0.15) is 5.56 Å². The molecular formula is C19H19N3. The van der Waals surface area contributed by atoms with E-state index in [1.807, 2.05) is 24.3 Å². The van der Waals surface area contributed by atoms with E-state index < -0.39 is 0 Å². The van der Waals surface area contributed by atoms with Crippen molar-refractivity contribution < 1.29 is 0 Å². The van der Waals surface area contributed by atoms with Crippen LogP contribution in [0.3, 0.4) is 0 Å². The highest BCUT2D eigenvalue weighted by Gasteiger charge is 2.44. The first-order chi connectivity index (χ1) is 10.7. The topological polar surface area (TPSA) is 30.3 Å². The normalized spacial score (nSPS) is 23.7. The van der Waals surface area contributed by atoms with Gasteiger partial charge in [-0.3, -0.25) is 0 Å². The van der Waals surface area contributed by atoms with Gasteiger partial charge in [-0.05, 0) is 42.4 Å². The van der Waals surface area contributed by atoms with Crippen LogP contribution < -0.4 is 4.90 Å². The van der Waals surface area contributed by atoms with E-state index in [0.29, 0.717) is 11.6 Å². The maximum Gasteiger partial charge on any atom is 0.0991 e. The minimum absolute atomic E-state index is 0.700. The van der Waals surface area contributed by atoms with Crippen molar-refractivity contribution in [2.75, 3.05) is 31.6 Å². The van der Waals surface area contributed by atoms with Gasteiger partial charge in [0.2, 0.25) is 0 Å². The smallest absolute Gasteiger partial charge is 0.0991 e. The summed E-state index contributed by atoms with van der Waals surface area (Å²) in [5, 5.41) is 8.86.